The standard InChI is InChI=1S/C18H16N4O3/c1-3-4-11-7-16(23)25-15-8-12(5-6-13(11)15)24-18-14-9-21-22(2)17(14)19-10-20-18/h5-10H,3-4H2,1-2H3. The number of ether oxygens (including phenoxy) is 1. The van der Waals surface area contributed by atoms with Crippen LogP contribution >= 0.6 is 0 Å². The van der Waals surface area contributed by atoms with E-state index in [9.17, 15) is 4.79 Å². The van der Waals surface area contributed by atoms with Gasteiger partial charge in [0.15, 0.2) is 5.65 Å². The van der Waals surface area contributed by atoms with Crippen molar-refractivity contribution in [2.45, 2.75) is 19.8 Å². The zero-order valence-corrected chi connectivity index (χ0v) is 13.9. The van der Waals surface area contributed by atoms with Crippen LogP contribution in [0.3, 0.4) is 0 Å². The summed E-state index contributed by atoms with van der Waals surface area (Å²) in [4.78, 5) is 20.2. The van der Waals surface area contributed by atoms with Gasteiger partial charge >= 0.3 is 5.63 Å². The zero-order chi connectivity index (χ0) is 17.4. The van der Waals surface area contributed by atoms with E-state index in [2.05, 4.69) is 22.0 Å². The van der Waals surface area contributed by atoms with Gasteiger partial charge in [0.2, 0.25) is 5.88 Å². The summed E-state index contributed by atoms with van der Waals surface area (Å²) in [6.07, 6.45) is 4.87. The Morgan fingerprint density at radius 3 is 2.92 bits per heavy atom. The third-order valence-electron chi connectivity index (χ3n) is 4.03. The molecule has 0 N–H and O–H groups in total. The molecule has 0 unspecified atom stereocenters. The summed E-state index contributed by atoms with van der Waals surface area (Å²) in [5, 5.41) is 5.80. The number of hydrogen-bond donors (Lipinski definition) is 0. The zero-order valence-electron chi connectivity index (χ0n) is 13.9. The Morgan fingerprint density at radius 2 is 2.08 bits per heavy atom. The lowest BCUT2D eigenvalue weighted by atomic mass is 10.1. The first-order chi connectivity index (χ1) is 12.2. The van der Waals surface area contributed by atoms with Crippen molar-refractivity contribution in [2.75, 3.05) is 0 Å². The third kappa shape index (κ3) is 2.73. The van der Waals surface area contributed by atoms with Gasteiger partial charge in [-0.15, -0.1) is 0 Å². The molecule has 0 saturated heterocycles. The number of hydrogen-bond acceptors (Lipinski definition) is 6. The van der Waals surface area contributed by atoms with Crippen molar-refractivity contribution in [3.8, 4) is 11.6 Å². The molecule has 0 aliphatic heterocycles. The highest BCUT2D eigenvalue weighted by atomic mass is 16.5. The lowest BCUT2D eigenvalue weighted by molar-refractivity contribution is 0.466. The van der Waals surface area contributed by atoms with E-state index in [0.717, 1.165) is 23.8 Å². The van der Waals surface area contributed by atoms with Crippen LogP contribution in [0, 0.1) is 0 Å². The van der Waals surface area contributed by atoms with Gasteiger partial charge in [-0.3, -0.25) is 4.68 Å². The number of rotatable bonds is 4. The summed E-state index contributed by atoms with van der Waals surface area (Å²) in [5.41, 5.74) is 1.81. The highest BCUT2D eigenvalue weighted by Crippen LogP contribution is 2.29. The van der Waals surface area contributed by atoms with Crippen LogP contribution in [0.5, 0.6) is 11.6 Å². The Labute approximate surface area is 142 Å². The fourth-order valence-electron chi connectivity index (χ4n) is 2.88. The van der Waals surface area contributed by atoms with Gasteiger partial charge in [0.05, 0.1) is 6.20 Å². The minimum atomic E-state index is -0.357. The molecule has 3 heterocycles. The van der Waals surface area contributed by atoms with Gasteiger partial charge in [0.1, 0.15) is 23.0 Å². The van der Waals surface area contributed by atoms with E-state index in [0.29, 0.717) is 28.2 Å². The van der Waals surface area contributed by atoms with Crippen LogP contribution in [0.2, 0.25) is 0 Å². The van der Waals surface area contributed by atoms with E-state index >= 15 is 0 Å². The molecule has 126 valence electrons. The molecule has 0 aliphatic carbocycles. The molecule has 0 bridgehead atoms. The highest BCUT2D eigenvalue weighted by Gasteiger charge is 2.11. The van der Waals surface area contributed by atoms with Crippen molar-refractivity contribution in [3.05, 3.63) is 52.8 Å². The average molecular weight is 336 g/mol. The summed E-state index contributed by atoms with van der Waals surface area (Å²) in [7, 11) is 1.80. The maximum atomic E-state index is 11.8. The van der Waals surface area contributed by atoms with Crippen LogP contribution in [-0.4, -0.2) is 19.7 Å². The van der Waals surface area contributed by atoms with Crippen LogP contribution in [0.25, 0.3) is 22.0 Å². The number of benzene rings is 1. The topological polar surface area (TPSA) is 83.0 Å². The number of nitrogens with zero attached hydrogens (tertiary/aromatic N) is 4. The summed E-state index contributed by atoms with van der Waals surface area (Å²) >= 11 is 0. The minimum Gasteiger partial charge on any atom is -0.438 e. The largest absolute Gasteiger partial charge is 0.438 e. The summed E-state index contributed by atoms with van der Waals surface area (Å²) in [6, 6.07) is 7.00. The smallest absolute Gasteiger partial charge is 0.336 e. The van der Waals surface area contributed by atoms with Gasteiger partial charge in [-0.05, 0) is 24.1 Å². The molecule has 0 spiro atoms. The van der Waals surface area contributed by atoms with Gasteiger partial charge < -0.3 is 9.15 Å². The molecule has 3 aromatic heterocycles. The van der Waals surface area contributed by atoms with Crippen molar-refractivity contribution in [1.82, 2.24) is 19.7 Å². The SMILES string of the molecule is CCCc1cc(=O)oc2cc(Oc3ncnc4c3cnn4C)ccc12. The van der Waals surface area contributed by atoms with E-state index in [-0.39, 0.29) is 5.63 Å². The maximum Gasteiger partial charge on any atom is 0.336 e. The van der Waals surface area contributed by atoms with Crippen molar-refractivity contribution in [2.24, 2.45) is 7.05 Å². The molecule has 7 heteroatoms. The van der Waals surface area contributed by atoms with Crippen molar-refractivity contribution in [1.29, 1.82) is 0 Å². The molecule has 0 radical (unpaired) electrons. The second-order valence-electron chi connectivity index (χ2n) is 5.78. The first-order valence-corrected chi connectivity index (χ1v) is 8.03. The highest BCUT2D eigenvalue weighted by molar-refractivity contribution is 5.82. The molecule has 1 aromatic carbocycles. The second kappa shape index (κ2) is 6.01. The summed E-state index contributed by atoms with van der Waals surface area (Å²) < 4.78 is 12.9. The number of aryl methyl sites for hydroxylation is 2. The monoisotopic (exact) mass is 336 g/mol. The predicted molar refractivity (Wildman–Crippen MR) is 92.9 cm³/mol. The maximum absolute atomic E-state index is 11.8. The van der Waals surface area contributed by atoms with Crippen molar-refractivity contribution < 1.29 is 9.15 Å². The molecule has 4 aromatic rings. The molecule has 0 saturated carbocycles. The Hall–Kier alpha value is -3.22. The van der Waals surface area contributed by atoms with E-state index in [1.54, 1.807) is 30.1 Å². The van der Waals surface area contributed by atoms with E-state index in [1.807, 2.05) is 12.1 Å². The first-order valence-electron chi connectivity index (χ1n) is 8.03. The van der Waals surface area contributed by atoms with E-state index in [1.165, 1.54) is 6.33 Å². The molecular formula is C18H16N4O3. The van der Waals surface area contributed by atoms with Crippen molar-refractivity contribution >= 4 is 22.0 Å². The third-order valence-corrected chi connectivity index (χ3v) is 4.03. The molecule has 25 heavy (non-hydrogen) atoms. The quantitative estimate of drug-likeness (QED) is 0.532. The molecule has 7 nitrogen and oxygen atoms in total. The summed E-state index contributed by atoms with van der Waals surface area (Å²) in [6.45, 7) is 2.08. The average Bonchev–Trinajstić information content (AvgIpc) is 2.97. The lowest BCUT2D eigenvalue weighted by Crippen LogP contribution is -2.00. The van der Waals surface area contributed by atoms with Crippen LogP contribution < -0.4 is 10.4 Å². The van der Waals surface area contributed by atoms with Gasteiger partial charge in [-0.25, -0.2) is 14.8 Å². The predicted octanol–water partition coefficient (Wildman–Crippen LogP) is 3.21. The molecular weight excluding hydrogens is 320 g/mol. The molecule has 0 aliphatic rings. The molecule has 0 amide bonds. The number of fused-ring (bicyclic) bond motifs is 2. The normalized spacial score (nSPS) is 11.3. The Bertz CT molecular complexity index is 1130. The Morgan fingerprint density at radius 1 is 1.20 bits per heavy atom. The molecule has 4 rings (SSSR count). The van der Waals surface area contributed by atoms with E-state index in [4.69, 9.17) is 9.15 Å². The van der Waals surface area contributed by atoms with Gasteiger partial charge in [-0.2, -0.15) is 5.10 Å². The van der Waals surface area contributed by atoms with Crippen LogP contribution in [0.1, 0.15) is 18.9 Å². The van der Waals surface area contributed by atoms with Gasteiger partial charge in [0, 0.05) is 24.6 Å². The van der Waals surface area contributed by atoms with E-state index < -0.39 is 0 Å². The second-order valence-corrected chi connectivity index (χ2v) is 5.78. The minimum absolute atomic E-state index is 0.357. The van der Waals surface area contributed by atoms with Crippen LogP contribution in [0.4, 0.5) is 0 Å². The Kier molecular flexibility index (Phi) is 3.68. The first kappa shape index (κ1) is 15.3. The van der Waals surface area contributed by atoms with Gasteiger partial charge in [-0.1, -0.05) is 13.3 Å². The van der Waals surface area contributed by atoms with Gasteiger partial charge in [0.25, 0.3) is 0 Å². The van der Waals surface area contributed by atoms with Crippen LogP contribution in [0.15, 0.2) is 46.0 Å². The molecule has 0 atom stereocenters. The number of aromatic nitrogens is 4. The van der Waals surface area contributed by atoms with Crippen molar-refractivity contribution in [3.63, 3.8) is 0 Å². The lowest BCUT2D eigenvalue weighted by Gasteiger charge is -2.08. The Balaban J connectivity index is 1.78. The fourth-order valence-corrected chi connectivity index (χ4v) is 2.88. The van der Waals surface area contributed by atoms with Crippen LogP contribution in [-0.2, 0) is 13.5 Å². The summed E-state index contributed by atoms with van der Waals surface area (Å²) in [5.74, 6) is 0.942. The molecule has 0 fully saturated rings. The fraction of sp³-hybridized carbons (Fsp3) is 0.222.